The van der Waals surface area contributed by atoms with Gasteiger partial charge in [-0.1, -0.05) is 26.0 Å². The number of hydrogen-bond donors (Lipinski definition) is 2. The first-order chi connectivity index (χ1) is 10.1. The van der Waals surface area contributed by atoms with Gasteiger partial charge < -0.3 is 15.6 Å². The number of hydrogen-bond acceptors (Lipinski definition) is 3. The van der Waals surface area contributed by atoms with E-state index in [-0.39, 0.29) is 5.91 Å². The summed E-state index contributed by atoms with van der Waals surface area (Å²) in [5.74, 6) is 0.323. The van der Waals surface area contributed by atoms with Crippen molar-refractivity contribution < 1.29 is 4.79 Å². The monoisotopic (exact) mass is 286 g/mol. The molecule has 5 nitrogen and oxygen atoms in total. The molecule has 0 saturated carbocycles. The van der Waals surface area contributed by atoms with Gasteiger partial charge in [-0.2, -0.15) is 0 Å². The topological polar surface area (TPSA) is 72.9 Å². The first kappa shape index (κ1) is 15.3. The maximum Gasteiger partial charge on any atom is 0.275 e. The summed E-state index contributed by atoms with van der Waals surface area (Å²) in [6.45, 7) is 5.54. The Balaban J connectivity index is 2.01. The lowest BCUT2D eigenvalue weighted by atomic mass is 9.99. The van der Waals surface area contributed by atoms with Crippen LogP contribution in [-0.2, 0) is 6.54 Å². The van der Waals surface area contributed by atoms with Gasteiger partial charge in [0, 0.05) is 25.0 Å². The van der Waals surface area contributed by atoms with Crippen molar-refractivity contribution in [3.63, 3.8) is 0 Å². The van der Waals surface area contributed by atoms with Crippen LogP contribution in [-0.4, -0.2) is 22.0 Å². The van der Waals surface area contributed by atoms with E-state index in [1.54, 1.807) is 17.1 Å². The van der Waals surface area contributed by atoms with Gasteiger partial charge in [-0.15, -0.1) is 0 Å². The molecule has 0 fully saturated rings. The number of benzene rings is 1. The average molecular weight is 286 g/mol. The first-order valence-corrected chi connectivity index (χ1v) is 7.27. The lowest BCUT2D eigenvalue weighted by Gasteiger charge is -2.10. The third-order valence-electron chi connectivity index (χ3n) is 3.60. The second-order valence-electron chi connectivity index (χ2n) is 5.17. The van der Waals surface area contributed by atoms with Crippen molar-refractivity contribution in [1.29, 1.82) is 0 Å². The molecule has 1 amide bonds. The smallest absolute Gasteiger partial charge is 0.275 e. The molecule has 1 atom stereocenters. The fraction of sp³-hybridized carbons (Fsp3) is 0.375. The number of nitrogens with two attached hydrogens (primary N) is 1. The van der Waals surface area contributed by atoms with E-state index in [2.05, 4.69) is 36.3 Å². The number of aromatic nitrogens is 2. The summed E-state index contributed by atoms with van der Waals surface area (Å²) in [4.78, 5) is 16.2. The molecule has 1 aromatic carbocycles. The fourth-order valence-electron chi connectivity index (χ4n) is 2.07. The summed E-state index contributed by atoms with van der Waals surface area (Å²) in [6.07, 6.45) is 4.42. The minimum atomic E-state index is -0.206. The molecule has 2 aromatic rings. The van der Waals surface area contributed by atoms with E-state index < -0.39 is 0 Å². The summed E-state index contributed by atoms with van der Waals surface area (Å²) >= 11 is 0. The van der Waals surface area contributed by atoms with Crippen LogP contribution in [0.15, 0.2) is 36.8 Å². The lowest BCUT2D eigenvalue weighted by molar-refractivity contribution is 0.102. The van der Waals surface area contributed by atoms with Gasteiger partial charge in [0.05, 0.1) is 6.33 Å². The Kier molecular flexibility index (Phi) is 5.11. The van der Waals surface area contributed by atoms with Crippen molar-refractivity contribution in [2.24, 2.45) is 5.73 Å². The summed E-state index contributed by atoms with van der Waals surface area (Å²) in [5.41, 5.74) is 7.93. The maximum absolute atomic E-state index is 12.1. The van der Waals surface area contributed by atoms with Crippen LogP contribution in [0.4, 0.5) is 5.69 Å². The number of carbonyl (C=O) groups is 1. The molecule has 1 unspecified atom stereocenters. The van der Waals surface area contributed by atoms with Crippen LogP contribution in [0, 0.1) is 0 Å². The normalized spacial score (nSPS) is 12.1. The summed E-state index contributed by atoms with van der Waals surface area (Å²) in [5, 5.41) is 2.85. The van der Waals surface area contributed by atoms with Crippen LogP contribution < -0.4 is 11.1 Å². The molecule has 112 valence electrons. The highest BCUT2D eigenvalue weighted by Gasteiger charge is 2.10. The first-order valence-electron chi connectivity index (χ1n) is 7.27. The van der Waals surface area contributed by atoms with Crippen molar-refractivity contribution >= 4 is 11.6 Å². The van der Waals surface area contributed by atoms with E-state index in [9.17, 15) is 4.79 Å². The van der Waals surface area contributed by atoms with Crippen LogP contribution in [0.25, 0.3) is 0 Å². The minimum absolute atomic E-state index is 0.206. The Labute approximate surface area is 125 Å². The average Bonchev–Trinajstić information content (AvgIpc) is 2.96. The van der Waals surface area contributed by atoms with Crippen LogP contribution in [0.2, 0.25) is 0 Å². The molecule has 0 aliphatic rings. The zero-order valence-corrected chi connectivity index (χ0v) is 12.5. The van der Waals surface area contributed by atoms with Crippen LogP contribution in [0.3, 0.4) is 0 Å². The van der Waals surface area contributed by atoms with Crippen LogP contribution in [0.5, 0.6) is 0 Å². The van der Waals surface area contributed by atoms with Crippen molar-refractivity contribution in [3.8, 4) is 0 Å². The molecule has 0 spiro atoms. The molecule has 0 bridgehead atoms. The second kappa shape index (κ2) is 7.04. The molecule has 1 heterocycles. The van der Waals surface area contributed by atoms with Crippen molar-refractivity contribution in [3.05, 3.63) is 48.0 Å². The third kappa shape index (κ3) is 3.92. The standard InChI is InChI=1S/C16H22N4O/c1-3-12(2)13-4-6-14(7-5-13)19-16(21)15-10-20(9-8-17)11-18-15/h4-7,10-12H,3,8-9,17H2,1-2H3,(H,19,21). The summed E-state index contributed by atoms with van der Waals surface area (Å²) in [6, 6.07) is 7.96. The van der Waals surface area contributed by atoms with Gasteiger partial charge in [0.25, 0.3) is 5.91 Å². The molecule has 21 heavy (non-hydrogen) atoms. The predicted octanol–water partition coefficient (Wildman–Crippen LogP) is 2.61. The van der Waals surface area contributed by atoms with Gasteiger partial charge in [0.15, 0.2) is 0 Å². The minimum Gasteiger partial charge on any atom is -0.335 e. The van der Waals surface area contributed by atoms with Gasteiger partial charge in [-0.25, -0.2) is 4.98 Å². The molecule has 3 N–H and O–H groups in total. The highest BCUT2D eigenvalue weighted by atomic mass is 16.1. The summed E-state index contributed by atoms with van der Waals surface area (Å²) < 4.78 is 1.81. The molecule has 0 saturated heterocycles. The third-order valence-corrected chi connectivity index (χ3v) is 3.60. The Morgan fingerprint density at radius 2 is 2.10 bits per heavy atom. The van der Waals surface area contributed by atoms with E-state index in [4.69, 9.17) is 5.73 Å². The Hall–Kier alpha value is -2.14. The molecule has 2 rings (SSSR count). The number of rotatable bonds is 6. The van der Waals surface area contributed by atoms with E-state index >= 15 is 0 Å². The molecule has 0 aliphatic heterocycles. The van der Waals surface area contributed by atoms with Gasteiger partial charge in [0.1, 0.15) is 5.69 Å². The second-order valence-corrected chi connectivity index (χ2v) is 5.17. The Morgan fingerprint density at radius 3 is 2.71 bits per heavy atom. The fourth-order valence-corrected chi connectivity index (χ4v) is 2.07. The quantitative estimate of drug-likeness (QED) is 0.857. The molecule has 1 aromatic heterocycles. The van der Waals surface area contributed by atoms with Gasteiger partial charge in [0.2, 0.25) is 0 Å². The largest absolute Gasteiger partial charge is 0.335 e. The number of imidazole rings is 1. The Bertz CT molecular complexity index is 589. The number of nitrogens with one attached hydrogen (secondary N) is 1. The zero-order valence-electron chi connectivity index (χ0n) is 12.5. The van der Waals surface area contributed by atoms with Crippen LogP contribution >= 0.6 is 0 Å². The molecule has 0 aliphatic carbocycles. The van der Waals surface area contributed by atoms with Crippen molar-refractivity contribution in [2.45, 2.75) is 32.7 Å². The van der Waals surface area contributed by atoms with Gasteiger partial charge >= 0.3 is 0 Å². The summed E-state index contributed by atoms with van der Waals surface area (Å²) in [7, 11) is 0. The molecule has 5 heteroatoms. The molecular formula is C16H22N4O. The van der Waals surface area contributed by atoms with E-state index in [0.717, 1.165) is 12.1 Å². The van der Waals surface area contributed by atoms with Gasteiger partial charge in [-0.3, -0.25) is 4.79 Å². The van der Waals surface area contributed by atoms with E-state index in [1.807, 2.05) is 12.1 Å². The molecule has 0 radical (unpaired) electrons. The zero-order chi connectivity index (χ0) is 15.2. The van der Waals surface area contributed by atoms with E-state index in [1.165, 1.54) is 5.56 Å². The Morgan fingerprint density at radius 1 is 1.38 bits per heavy atom. The van der Waals surface area contributed by atoms with Crippen molar-refractivity contribution in [2.75, 3.05) is 11.9 Å². The lowest BCUT2D eigenvalue weighted by Crippen LogP contribution is -2.13. The highest BCUT2D eigenvalue weighted by molar-refractivity contribution is 6.02. The van der Waals surface area contributed by atoms with Gasteiger partial charge in [-0.05, 0) is 30.0 Å². The predicted molar refractivity (Wildman–Crippen MR) is 84.4 cm³/mol. The van der Waals surface area contributed by atoms with E-state index in [0.29, 0.717) is 24.7 Å². The number of nitrogens with zero attached hydrogens (tertiary/aromatic N) is 2. The molecular weight excluding hydrogens is 264 g/mol. The number of carbonyl (C=O) groups excluding carboxylic acids is 1. The van der Waals surface area contributed by atoms with Crippen molar-refractivity contribution in [1.82, 2.24) is 9.55 Å². The number of amides is 1. The number of anilines is 1. The maximum atomic E-state index is 12.1. The highest BCUT2D eigenvalue weighted by Crippen LogP contribution is 2.20. The SMILES string of the molecule is CCC(C)c1ccc(NC(=O)c2cn(CCN)cn2)cc1. The van der Waals surface area contributed by atoms with Crippen LogP contribution in [0.1, 0.15) is 42.2 Å².